The Labute approximate surface area is 127 Å². The van der Waals surface area contributed by atoms with E-state index in [1.165, 1.54) is 19.3 Å². The molecule has 1 fully saturated rings. The number of hydrogen-bond acceptors (Lipinski definition) is 3. The molecule has 4 unspecified atom stereocenters. The Morgan fingerprint density at radius 2 is 2.10 bits per heavy atom. The minimum Gasteiger partial charge on any atom is -0.307 e. The molecule has 0 saturated heterocycles. The van der Waals surface area contributed by atoms with Gasteiger partial charge in [0.05, 0.1) is 4.92 Å². The number of nitro benzene ring substituents is 1. The second-order valence-electron chi connectivity index (χ2n) is 6.44. The minimum atomic E-state index is -0.319. The summed E-state index contributed by atoms with van der Waals surface area (Å²) in [6.07, 6.45) is 4.62. The van der Waals surface area contributed by atoms with E-state index in [9.17, 15) is 10.1 Å². The number of rotatable bonds is 5. The average Bonchev–Trinajstić information content (AvgIpc) is 2.48. The van der Waals surface area contributed by atoms with Gasteiger partial charge in [-0.15, -0.1) is 0 Å². The number of non-ortho nitro benzene ring substituents is 1. The molecule has 1 aliphatic rings. The third-order valence-corrected chi connectivity index (χ3v) is 4.93. The van der Waals surface area contributed by atoms with Crippen molar-refractivity contribution < 1.29 is 4.92 Å². The second kappa shape index (κ2) is 7.03. The van der Waals surface area contributed by atoms with Gasteiger partial charge in [0.2, 0.25) is 0 Å². The van der Waals surface area contributed by atoms with Crippen LogP contribution in [0.4, 0.5) is 5.69 Å². The number of hydrogen-bond donors (Lipinski definition) is 1. The average molecular weight is 290 g/mol. The van der Waals surface area contributed by atoms with Crippen molar-refractivity contribution in [2.24, 2.45) is 11.8 Å². The zero-order valence-electron chi connectivity index (χ0n) is 13.2. The van der Waals surface area contributed by atoms with E-state index in [1.54, 1.807) is 18.2 Å². The van der Waals surface area contributed by atoms with E-state index in [4.69, 9.17) is 0 Å². The zero-order chi connectivity index (χ0) is 15.4. The van der Waals surface area contributed by atoms with Crippen LogP contribution in [0.15, 0.2) is 24.3 Å². The van der Waals surface area contributed by atoms with Gasteiger partial charge in [0.1, 0.15) is 0 Å². The number of nitrogens with one attached hydrogen (secondary N) is 1. The summed E-state index contributed by atoms with van der Waals surface area (Å²) >= 11 is 0. The molecular formula is C17H26N2O2. The van der Waals surface area contributed by atoms with Crippen molar-refractivity contribution in [1.82, 2.24) is 5.32 Å². The van der Waals surface area contributed by atoms with Crippen LogP contribution in [-0.4, -0.2) is 11.0 Å². The lowest BCUT2D eigenvalue weighted by molar-refractivity contribution is -0.384. The second-order valence-corrected chi connectivity index (χ2v) is 6.44. The Kier molecular flexibility index (Phi) is 5.34. The maximum absolute atomic E-state index is 10.9. The van der Waals surface area contributed by atoms with Crippen LogP contribution in [-0.2, 0) is 0 Å². The van der Waals surface area contributed by atoms with E-state index in [0.29, 0.717) is 6.04 Å². The Morgan fingerprint density at radius 1 is 1.33 bits per heavy atom. The maximum atomic E-state index is 10.9. The Hall–Kier alpha value is -1.42. The molecule has 21 heavy (non-hydrogen) atoms. The van der Waals surface area contributed by atoms with E-state index in [1.807, 2.05) is 6.07 Å². The molecule has 1 aromatic carbocycles. The molecule has 0 aliphatic heterocycles. The van der Waals surface area contributed by atoms with Crippen molar-refractivity contribution in [3.8, 4) is 0 Å². The lowest BCUT2D eigenvalue weighted by atomic mass is 9.79. The molecule has 4 nitrogen and oxygen atoms in total. The van der Waals surface area contributed by atoms with Crippen LogP contribution in [0.3, 0.4) is 0 Å². The van der Waals surface area contributed by atoms with E-state index in [-0.39, 0.29) is 16.7 Å². The smallest absolute Gasteiger partial charge is 0.269 e. The lowest BCUT2D eigenvalue weighted by Crippen LogP contribution is -2.38. The highest BCUT2D eigenvalue weighted by Gasteiger charge is 2.26. The summed E-state index contributed by atoms with van der Waals surface area (Å²) in [5.41, 5.74) is 1.20. The van der Waals surface area contributed by atoms with Crippen LogP contribution in [0.25, 0.3) is 0 Å². The highest BCUT2D eigenvalue weighted by Crippen LogP contribution is 2.31. The fourth-order valence-electron chi connectivity index (χ4n) is 3.29. The van der Waals surface area contributed by atoms with Crippen LogP contribution < -0.4 is 5.32 Å². The molecule has 0 amide bonds. The first-order valence-corrected chi connectivity index (χ1v) is 8.01. The van der Waals surface area contributed by atoms with Crippen LogP contribution >= 0.6 is 0 Å². The molecule has 2 rings (SSSR count). The van der Waals surface area contributed by atoms with Crippen LogP contribution in [0.5, 0.6) is 0 Å². The largest absolute Gasteiger partial charge is 0.307 e. The van der Waals surface area contributed by atoms with Crippen molar-refractivity contribution in [2.75, 3.05) is 0 Å². The molecule has 1 aromatic rings. The van der Waals surface area contributed by atoms with Crippen molar-refractivity contribution in [3.05, 3.63) is 39.9 Å². The first-order chi connectivity index (χ1) is 10.0. The standard InChI is InChI=1S/C17H26N2O2/c1-4-17(14-6-5-7-16(11-14)19(20)21)18-15-9-8-12(2)13(3)10-15/h5-7,11-13,15,17-18H,4,8-10H2,1-3H3. The van der Waals surface area contributed by atoms with Gasteiger partial charge in [-0.05, 0) is 43.1 Å². The van der Waals surface area contributed by atoms with Crippen LogP contribution in [0, 0.1) is 22.0 Å². The van der Waals surface area contributed by atoms with E-state index in [0.717, 1.165) is 23.8 Å². The van der Waals surface area contributed by atoms with Gasteiger partial charge in [0.25, 0.3) is 5.69 Å². The van der Waals surface area contributed by atoms with Crippen molar-refractivity contribution >= 4 is 5.69 Å². The first-order valence-electron chi connectivity index (χ1n) is 8.01. The van der Waals surface area contributed by atoms with Crippen molar-refractivity contribution in [2.45, 2.75) is 58.5 Å². The quantitative estimate of drug-likeness (QED) is 0.643. The van der Waals surface area contributed by atoms with Gasteiger partial charge in [0, 0.05) is 24.2 Å². The number of nitrogens with zero attached hydrogens (tertiary/aromatic N) is 1. The molecule has 1 saturated carbocycles. The third-order valence-electron chi connectivity index (χ3n) is 4.93. The summed E-state index contributed by atoms with van der Waals surface area (Å²) in [5.74, 6) is 1.56. The van der Waals surface area contributed by atoms with Gasteiger partial charge in [0.15, 0.2) is 0 Å². The van der Waals surface area contributed by atoms with Gasteiger partial charge in [-0.2, -0.15) is 0 Å². The molecule has 1 aliphatic carbocycles. The SMILES string of the molecule is CCC(NC1CCC(C)C(C)C1)c1cccc([N+](=O)[O-])c1. The highest BCUT2D eigenvalue weighted by molar-refractivity contribution is 5.35. The van der Waals surface area contributed by atoms with E-state index in [2.05, 4.69) is 26.1 Å². The van der Waals surface area contributed by atoms with Gasteiger partial charge < -0.3 is 5.32 Å². The predicted molar refractivity (Wildman–Crippen MR) is 85.2 cm³/mol. The van der Waals surface area contributed by atoms with Gasteiger partial charge in [-0.25, -0.2) is 0 Å². The van der Waals surface area contributed by atoms with E-state index < -0.39 is 0 Å². The molecule has 4 heteroatoms. The molecule has 0 aromatic heterocycles. The van der Waals surface area contributed by atoms with Gasteiger partial charge >= 0.3 is 0 Å². The van der Waals surface area contributed by atoms with Crippen molar-refractivity contribution in [1.29, 1.82) is 0 Å². The predicted octanol–water partition coefficient (Wildman–Crippen LogP) is 4.46. The molecular weight excluding hydrogens is 264 g/mol. The van der Waals surface area contributed by atoms with E-state index >= 15 is 0 Å². The third kappa shape index (κ3) is 4.03. The summed E-state index contributed by atoms with van der Waals surface area (Å²) in [5, 5.41) is 14.6. The summed E-state index contributed by atoms with van der Waals surface area (Å²) in [4.78, 5) is 10.6. The summed E-state index contributed by atoms with van der Waals surface area (Å²) in [6.45, 7) is 6.79. The number of benzene rings is 1. The first kappa shape index (κ1) is 16.0. The molecule has 0 heterocycles. The normalized spacial score (nSPS) is 27.3. The van der Waals surface area contributed by atoms with Crippen LogP contribution in [0.2, 0.25) is 0 Å². The fraction of sp³-hybridized carbons (Fsp3) is 0.647. The topological polar surface area (TPSA) is 55.2 Å². The molecule has 0 radical (unpaired) electrons. The highest BCUT2D eigenvalue weighted by atomic mass is 16.6. The summed E-state index contributed by atoms with van der Waals surface area (Å²) in [6, 6.07) is 7.76. The summed E-state index contributed by atoms with van der Waals surface area (Å²) in [7, 11) is 0. The Bertz CT molecular complexity index is 489. The number of nitro groups is 1. The molecule has 0 spiro atoms. The van der Waals surface area contributed by atoms with Gasteiger partial charge in [-0.1, -0.05) is 32.9 Å². The van der Waals surface area contributed by atoms with Crippen LogP contribution in [0.1, 0.15) is 58.1 Å². The van der Waals surface area contributed by atoms with Gasteiger partial charge in [-0.3, -0.25) is 10.1 Å². The zero-order valence-corrected chi connectivity index (χ0v) is 13.2. The summed E-state index contributed by atoms with van der Waals surface area (Å²) < 4.78 is 0. The Balaban J connectivity index is 2.06. The molecule has 116 valence electrons. The lowest BCUT2D eigenvalue weighted by Gasteiger charge is -2.35. The minimum absolute atomic E-state index is 0.179. The fourth-order valence-corrected chi connectivity index (χ4v) is 3.29. The molecule has 4 atom stereocenters. The molecule has 1 N–H and O–H groups in total. The molecule has 0 bridgehead atoms. The maximum Gasteiger partial charge on any atom is 0.269 e. The monoisotopic (exact) mass is 290 g/mol. The Morgan fingerprint density at radius 3 is 2.71 bits per heavy atom. The van der Waals surface area contributed by atoms with Crippen molar-refractivity contribution in [3.63, 3.8) is 0 Å².